The maximum absolute atomic E-state index is 4.66. The number of nitrogens with zero attached hydrogens (tertiary/aromatic N) is 3. The van der Waals surface area contributed by atoms with E-state index in [0.29, 0.717) is 0 Å². The lowest BCUT2D eigenvalue weighted by Crippen LogP contribution is -2.06. The first-order valence-corrected chi connectivity index (χ1v) is 6.64. The third-order valence-electron chi connectivity index (χ3n) is 3.49. The predicted molar refractivity (Wildman–Crippen MR) is 77.2 cm³/mol. The summed E-state index contributed by atoms with van der Waals surface area (Å²) in [5.74, 6) is 1.09. The van der Waals surface area contributed by atoms with E-state index in [0.717, 1.165) is 30.0 Å². The Kier molecular flexibility index (Phi) is 3.03. The Balaban J connectivity index is 2.12. The third kappa shape index (κ3) is 2.12. The Labute approximate surface area is 112 Å². The number of benzene rings is 1. The minimum absolute atomic E-state index is 0.837. The summed E-state index contributed by atoms with van der Waals surface area (Å²) in [5.41, 5.74) is 4.58. The number of pyridine rings is 1. The Morgan fingerprint density at radius 2 is 1.95 bits per heavy atom. The van der Waals surface area contributed by atoms with Gasteiger partial charge in [0.1, 0.15) is 11.3 Å². The average Bonchev–Trinajstić information content (AvgIpc) is 2.79. The van der Waals surface area contributed by atoms with Crippen molar-refractivity contribution < 1.29 is 0 Å². The van der Waals surface area contributed by atoms with Crippen LogP contribution in [0.2, 0.25) is 0 Å². The molecule has 0 aliphatic rings. The molecule has 3 heteroatoms. The van der Waals surface area contributed by atoms with Gasteiger partial charge >= 0.3 is 0 Å². The SMILES string of the molecule is CCc1nc2cccnc2n1Cc1ccccc1C. The van der Waals surface area contributed by atoms with E-state index in [1.807, 2.05) is 18.3 Å². The minimum Gasteiger partial charge on any atom is -0.308 e. The summed E-state index contributed by atoms with van der Waals surface area (Å²) in [6.07, 6.45) is 2.75. The zero-order valence-electron chi connectivity index (χ0n) is 11.3. The highest BCUT2D eigenvalue weighted by Crippen LogP contribution is 2.17. The fourth-order valence-electron chi connectivity index (χ4n) is 2.40. The molecular formula is C16H17N3. The molecule has 0 radical (unpaired) electrons. The summed E-state index contributed by atoms with van der Waals surface area (Å²) in [5, 5.41) is 0. The first kappa shape index (κ1) is 11.9. The van der Waals surface area contributed by atoms with Gasteiger partial charge < -0.3 is 4.57 Å². The van der Waals surface area contributed by atoms with Gasteiger partial charge in [0.15, 0.2) is 5.65 Å². The lowest BCUT2D eigenvalue weighted by Gasteiger charge is -2.09. The number of fused-ring (bicyclic) bond motifs is 1. The summed E-state index contributed by atoms with van der Waals surface area (Å²) in [7, 11) is 0. The van der Waals surface area contributed by atoms with Crippen LogP contribution in [-0.2, 0) is 13.0 Å². The largest absolute Gasteiger partial charge is 0.308 e. The van der Waals surface area contributed by atoms with Gasteiger partial charge in [-0.25, -0.2) is 9.97 Å². The van der Waals surface area contributed by atoms with Gasteiger partial charge in [0, 0.05) is 12.6 Å². The van der Waals surface area contributed by atoms with Crippen LogP contribution in [0, 0.1) is 6.92 Å². The van der Waals surface area contributed by atoms with Crippen molar-refractivity contribution in [1.82, 2.24) is 14.5 Å². The number of aromatic nitrogens is 3. The Morgan fingerprint density at radius 1 is 1.11 bits per heavy atom. The van der Waals surface area contributed by atoms with E-state index in [1.54, 1.807) is 0 Å². The van der Waals surface area contributed by atoms with Crippen LogP contribution in [0.5, 0.6) is 0 Å². The Bertz CT molecular complexity index is 713. The number of hydrogen-bond donors (Lipinski definition) is 0. The van der Waals surface area contributed by atoms with Gasteiger partial charge in [0.05, 0.1) is 6.54 Å². The van der Waals surface area contributed by atoms with Gasteiger partial charge in [-0.1, -0.05) is 31.2 Å². The van der Waals surface area contributed by atoms with Crippen molar-refractivity contribution in [2.75, 3.05) is 0 Å². The van der Waals surface area contributed by atoms with E-state index < -0.39 is 0 Å². The third-order valence-corrected chi connectivity index (χ3v) is 3.49. The molecule has 3 aromatic rings. The average molecular weight is 251 g/mol. The van der Waals surface area contributed by atoms with E-state index in [1.165, 1.54) is 11.1 Å². The van der Waals surface area contributed by atoms with Gasteiger partial charge in [-0.15, -0.1) is 0 Å². The first-order valence-electron chi connectivity index (χ1n) is 6.64. The fourth-order valence-corrected chi connectivity index (χ4v) is 2.40. The second-order valence-electron chi connectivity index (χ2n) is 4.74. The maximum Gasteiger partial charge on any atom is 0.160 e. The summed E-state index contributed by atoms with van der Waals surface area (Å²) < 4.78 is 2.22. The van der Waals surface area contributed by atoms with Gasteiger partial charge in [0.2, 0.25) is 0 Å². The van der Waals surface area contributed by atoms with E-state index in [-0.39, 0.29) is 0 Å². The van der Waals surface area contributed by atoms with Crippen LogP contribution in [0.3, 0.4) is 0 Å². The highest BCUT2D eigenvalue weighted by atomic mass is 15.1. The smallest absolute Gasteiger partial charge is 0.160 e. The lowest BCUT2D eigenvalue weighted by molar-refractivity contribution is 0.743. The van der Waals surface area contributed by atoms with Crippen LogP contribution in [-0.4, -0.2) is 14.5 Å². The number of rotatable bonds is 3. The minimum atomic E-state index is 0.837. The van der Waals surface area contributed by atoms with Gasteiger partial charge in [-0.3, -0.25) is 0 Å². The van der Waals surface area contributed by atoms with Gasteiger partial charge in [-0.2, -0.15) is 0 Å². The molecule has 3 nitrogen and oxygen atoms in total. The number of imidazole rings is 1. The molecule has 0 atom stereocenters. The Hall–Kier alpha value is -2.16. The number of hydrogen-bond acceptors (Lipinski definition) is 2. The maximum atomic E-state index is 4.66. The molecule has 0 fully saturated rings. The molecule has 2 heterocycles. The van der Waals surface area contributed by atoms with Gasteiger partial charge in [-0.05, 0) is 30.2 Å². The normalized spacial score (nSPS) is 11.1. The molecule has 2 aromatic heterocycles. The van der Waals surface area contributed by atoms with E-state index in [9.17, 15) is 0 Å². The molecule has 0 spiro atoms. The van der Waals surface area contributed by atoms with Crippen LogP contribution < -0.4 is 0 Å². The summed E-state index contributed by atoms with van der Waals surface area (Å²) in [6, 6.07) is 12.4. The van der Waals surface area contributed by atoms with Gasteiger partial charge in [0.25, 0.3) is 0 Å². The van der Waals surface area contributed by atoms with Crippen molar-refractivity contribution in [3.63, 3.8) is 0 Å². The van der Waals surface area contributed by atoms with E-state index in [2.05, 4.69) is 52.6 Å². The molecule has 0 unspecified atom stereocenters. The predicted octanol–water partition coefficient (Wildman–Crippen LogP) is 3.35. The second kappa shape index (κ2) is 4.84. The van der Waals surface area contributed by atoms with Crippen molar-refractivity contribution in [3.05, 3.63) is 59.5 Å². The fraction of sp³-hybridized carbons (Fsp3) is 0.250. The molecule has 0 amide bonds. The molecule has 0 N–H and O–H groups in total. The highest BCUT2D eigenvalue weighted by Gasteiger charge is 2.10. The second-order valence-corrected chi connectivity index (χ2v) is 4.74. The van der Waals surface area contributed by atoms with Crippen molar-refractivity contribution in [1.29, 1.82) is 0 Å². The molecule has 3 rings (SSSR count). The standard InChI is InChI=1S/C16H17N3/c1-3-15-18-14-9-6-10-17-16(14)19(15)11-13-8-5-4-7-12(13)2/h4-10H,3,11H2,1-2H3. The van der Waals surface area contributed by atoms with Crippen LogP contribution in [0.1, 0.15) is 23.9 Å². The summed E-state index contributed by atoms with van der Waals surface area (Å²) in [6.45, 7) is 5.12. The molecule has 1 aromatic carbocycles. The lowest BCUT2D eigenvalue weighted by atomic mass is 10.1. The van der Waals surface area contributed by atoms with Crippen LogP contribution in [0.15, 0.2) is 42.6 Å². The summed E-state index contributed by atoms with van der Waals surface area (Å²) in [4.78, 5) is 9.13. The molecule has 0 aliphatic carbocycles. The highest BCUT2D eigenvalue weighted by molar-refractivity contribution is 5.71. The topological polar surface area (TPSA) is 30.7 Å². The molecule has 0 bridgehead atoms. The van der Waals surface area contributed by atoms with Crippen molar-refractivity contribution in [2.45, 2.75) is 26.8 Å². The molecule has 0 saturated carbocycles. The monoisotopic (exact) mass is 251 g/mol. The van der Waals surface area contributed by atoms with Crippen LogP contribution in [0.25, 0.3) is 11.2 Å². The van der Waals surface area contributed by atoms with Crippen molar-refractivity contribution in [2.24, 2.45) is 0 Å². The van der Waals surface area contributed by atoms with E-state index >= 15 is 0 Å². The molecule has 96 valence electrons. The van der Waals surface area contributed by atoms with Crippen LogP contribution >= 0.6 is 0 Å². The molecule has 19 heavy (non-hydrogen) atoms. The summed E-state index contributed by atoms with van der Waals surface area (Å²) >= 11 is 0. The quantitative estimate of drug-likeness (QED) is 0.714. The van der Waals surface area contributed by atoms with Crippen molar-refractivity contribution in [3.8, 4) is 0 Å². The zero-order valence-corrected chi connectivity index (χ0v) is 11.3. The first-order chi connectivity index (χ1) is 9.29. The van der Waals surface area contributed by atoms with E-state index in [4.69, 9.17) is 0 Å². The molecule has 0 aliphatic heterocycles. The molecular weight excluding hydrogens is 234 g/mol. The zero-order chi connectivity index (χ0) is 13.2. The van der Waals surface area contributed by atoms with Crippen LogP contribution in [0.4, 0.5) is 0 Å². The molecule has 0 saturated heterocycles. The number of aryl methyl sites for hydroxylation is 2. The Morgan fingerprint density at radius 3 is 2.74 bits per heavy atom. The van der Waals surface area contributed by atoms with Crippen molar-refractivity contribution >= 4 is 11.2 Å².